The molecule has 1 aliphatic rings. The standard InChI is InChI=1S/C21H22N2O4S/c1-13(2)11-23-20(25)18(15-6-8-16(9-7-15)22-14(3)24)19(21(23)26)28-12-17-5-4-10-27-17/h4-10,13H,11-12H2,1-3H3,(H,22,24). The number of carbonyl (C=O) groups excluding carboxylic acids is 3. The molecule has 0 atom stereocenters. The first kappa shape index (κ1) is 19.9. The Bertz CT molecular complexity index is 914. The Morgan fingerprint density at radius 3 is 2.43 bits per heavy atom. The van der Waals surface area contributed by atoms with E-state index in [1.165, 1.54) is 23.6 Å². The number of thioether (sulfide) groups is 1. The molecule has 3 rings (SSSR count). The van der Waals surface area contributed by atoms with Crippen molar-refractivity contribution in [3.05, 3.63) is 58.9 Å². The van der Waals surface area contributed by atoms with Gasteiger partial charge >= 0.3 is 0 Å². The van der Waals surface area contributed by atoms with Gasteiger partial charge in [0.25, 0.3) is 11.8 Å². The minimum Gasteiger partial charge on any atom is -0.468 e. The second-order valence-electron chi connectivity index (χ2n) is 6.95. The molecular formula is C21H22N2O4S. The second-order valence-corrected chi connectivity index (χ2v) is 7.93. The predicted octanol–water partition coefficient (Wildman–Crippen LogP) is 3.91. The number of anilines is 1. The molecule has 0 bridgehead atoms. The quantitative estimate of drug-likeness (QED) is 0.716. The summed E-state index contributed by atoms with van der Waals surface area (Å²) < 4.78 is 5.35. The number of hydrogen-bond donors (Lipinski definition) is 1. The van der Waals surface area contributed by atoms with E-state index in [1.807, 2.05) is 19.9 Å². The van der Waals surface area contributed by atoms with E-state index >= 15 is 0 Å². The average Bonchev–Trinajstić information content (AvgIpc) is 3.22. The predicted molar refractivity (Wildman–Crippen MR) is 109 cm³/mol. The highest BCUT2D eigenvalue weighted by Gasteiger charge is 2.39. The Morgan fingerprint density at radius 1 is 1.14 bits per heavy atom. The van der Waals surface area contributed by atoms with Crippen LogP contribution in [0.25, 0.3) is 5.57 Å². The summed E-state index contributed by atoms with van der Waals surface area (Å²) in [5.74, 6) is 0.650. The SMILES string of the molecule is CC(=O)Nc1ccc(C2=C(SCc3ccco3)C(=O)N(CC(C)C)C2=O)cc1. The number of nitrogens with one attached hydrogen (secondary N) is 1. The monoisotopic (exact) mass is 398 g/mol. The van der Waals surface area contributed by atoms with Gasteiger partial charge in [0.05, 0.1) is 22.5 Å². The molecule has 0 spiro atoms. The summed E-state index contributed by atoms with van der Waals surface area (Å²) in [4.78, 5) is 38.9. The molecule has 0 aliphatic carbocycles. The lowest BCUT2D eigenvalue weighted by Crippen LogP contribution is -2.34. The number of nitrogens with zero attached hydrogens (tertiary/aromatic N) is 1. The van der Waals surface area contributed by atoms with Crippen molar-refractivity contribution < 1.29 is 18.8 Å². The first-order valence-corrected chi connectivity index (χ1v) is 9.99. The van der Waals surface area contributed by atoms with Crippen molar-refractivity contribution in [3.63, 3.8) is 0 Å². The van der Waals surface area contributed by atoms with Crippen LogP contribution in [0.1, 0.15) is 32.1 Å². The molecule has 3 amide bonds. The molecule has 0 saturated heterocycles. The Balaban J connectivity index is 1.93. The molecule has 1 aromatic heterocycles. The molecule has 0 radical (unpaired) electrons. The molecular weight excluding hydrogens is 376 g/mol. The lowest BCUT2D eigenvalue weighted by Gasteiger charge is -2.17. The maximum absolute atomic E-state index is 13.0. The molecule has 0 fully saturated rings. The highest BCUT2D eigenvalue weighted by molar-refractivity contribution is 8.03. The Morgan fingerprint density at radius 2 is 1.86 bits per heavy atom. The first-order valence-electron chi connectivity index (χ1n) is 9.00. The van der Waals surface area contributed by atoms with E-state index in [1.54, 1.807) is 36.6 Å². The van der Waals surface area contributed by atoms with Crippen molar-refractivity contribution in [2.24, 2.45) is 5.92 Å². The molecule has 0 saturated carbocycles. The van der Waals surface area contributed by atoms with Crippen LogP contribution in [-0.2, 0) is 20.1 Å². The summed E-state index contributed by atoms with van der Waals surface area (Å²) in [7, 11) is 0. The van der Waals surface area contributed by atoms with Gasteiger partial charge in [-0.3, -0.25) is 19.3 Å². The van der Waals surface area contributed by atoms with E-state index < -0.39 is 0 Å². The van der Waals surface area contributed by atoms with Crippen LogP contribution in [0.15, 0.2) is 52.0 Å². The topological polar surface area (TPSA) is 79.6 Å². The zero-order chi connectivity index (χ0) is 20.3. The molecule has 0 unspecified atom stereocenters. The lowest BCUT2D eigenvalue weighted by atomic mass is 10.1. The minimum absolute atomic E-state index is 0.170. The van der Waals surface area contributed by atoms with Gasteiger partial charge in [0, 0.05) is 19.2 Å². The summed E-state index contributed by atoms with van der Waals surface area (Å²) in [5, 5.41) is 2.70. The minimum atomic E-state index is -0.284. The van der Waals surface area contributed by atoms with Gasteiger partial charge in [0.15, 0.2) is 0 Å². The van der Waals surface area contributed by atoms with Crippen LogP contribution in [0.2, 0.25) is 0 Å². The van der Waals surface area contributed by atoms with Crippen molar-refractivity contribution in [2.75, 3.05) is 11.9 Å². The van der Waals surface area contributed by atoms with Crippen LogP contribution in [-0.4, -0.2) is 29.2 Å². The third kappa shape index (κ3) is 4.36. The van der Waals surface area contributed by atoms with Crippen LogP contribution in [0, 0.1) is 5.92 Å². The van der Waals surface area contributed by atoms with Crippen molar-refractivity contribution in [1.82, 2.24) is 4.90 Å². The number of benzene rings is 1. The first-order chi connectivity index (χ1) is 13.4. The van der Waals surface area contributed by atoms with Crippen LogP contribution in [0.4, 0.5) is 5.69 Å². The van der Waals surface area contributed by atoms with E-state index in [0.717, 1.165) is 5.76 Å². The number of furan rings is 1. The van der Waals surface area contributed by atoms with E-state index in [9.17, 15) is 14.4 Å². The summed E-state index contributed by atoms with van der Waals surface area (Å²) in [6, 6.07) is 10.6. The highest BCUT2D eigenvalue weighted by atomic mass is 32.2. The van der Waals surface area contributed by atoms with Gasteiger partial charge in [-0.15, -0.1) is 11.8 Å². The van der Waals surface area contributed by atoms with Gasteiger partial charge in [-0.2, -0.15) is 0 Å². The normalized spacial score (nSPS) is 14.4. The summed E-state index contributed by atoms with van der Waals surface area (Å²) in [5.41, 5.74) is 1.69. The van der Waals surface area contributed by atoms with Crippen molar-refractivity contribution in [3.8, 4) is 0 Å². The lowest BCUT2D eigenvalue weighted by molar-refractivity contribution is -0.137. The van der Waals surface area contributed by atoms with E-state index in [4.69, 9.17) is 4.42 Å². The number of amides is 3. The molecule has 2 aromatic rings. The molecule has 1 aromatic carbocycles. The fraction of sp³-hybridized carbons (Fsp3) is 0.286. The van der Waals surface area contributed by atoms with E-state index in [2.05, 4.69) is 5.32 Å². The van der Waals surface area contributed by atoms with Gasteiger partial charge in [-0.25, -0.2) is 0 Å². The largest absolute Gasteiger partial charge is 0.468 e. The fourth-order valence-corrected chi connectivity index (χ4v) is 3.97. The van der Waals surface area contributed by atoms with Gasteiger partial charge < -0.3 is 9.73 Å². The number of carbonyl (C=O) groups is 3. The van der Waals surface area contributed by atoms with Gasteiger partial charge in [-0.1, -0.05) is 26.0 Å². The van der Waals surface area contributed by atoms with Gasteiger partial charge in [0.2, 0.25) is 5.91 Å². The van der Waals surface area contributed by atoms with Crippen molar-refractivity contribution >= 4 is 40.7 Å². The number of hydrogen-bond acceptors (Lipinski definition) is 5. The smallest absolute Gasteiger partial charge is 0.268 e. The second kappa shape index (κ2) is 8.48. The third-order valence-corrected chi connectivity index (χ3v) is 5.20. The average molecular weight is 398 g/mol. The summed E-state index contributed by atoms with van der Waals surface area (Å²) in [6.45, 7) is 5.74. The van der Waals surface area contributed by atoms with Gasteiger partial charge in [-0.05, 0) is 35.7 Å². The molecule has 146 valence electrons. The molecule has 6 nitrogen and oxygen atoms in total. The summed E-state index contributed by atoms with van der Waals surface area (Å²) >= 11 is 1.31. The Labute approximate surface area is 168 Å². The maximum atomic E-state index is 13.0. The van der Waals surface area contributed by atoms with Crippen molar-refractivity contribution in [1.29, 1.82) is 0 Å². The van der Waals surface area contributed by atoms with E-state index in [0.29, 0.717) is 34.0 Å². The van der Waals surface area contributed by atoms with E-state index in [-0.39, 0.29) is 23.6 Å². The van der Waals surface area contributed by atoms with Crippen molar-refractivity contribution in [2.45, 2.75) is 26.5 Å². The molecule has 1 N–H and O–H groups in total. The van der Waals surface area contributed by atoms with Gasteiger partial charge in [0.1, 0.15) is 5.76 Å². The van der Waals surface area contributed by atoms with Crippen LogP contribution in [0.5, 0.6) is 0 Å². The molecule has 7 heteroatoms. The molecule has 28 heavy (non-hydrogen) atoms. The van der Waals surface area contributed by atoms with Crippen LogP contribution < -0.4 is 5.32 Å². The summed E-state index contributed by atoms with van der Waals surface area (Å²) in [6.07, 6.45) is 1.58. The maximum Gasteiger partial charge on any atom is 0.268 e. The number of imide groups is 1. The molecule has 2 heterocycles. The Hall–Kier alpha value is -2.80. The molecule has 1 aliphatic heterocycles. The Kier molecular flexibility index (Phi) is 6.04. The number of rotatable bonds is 7. The highest BCUT2D eigenvalue weighted by Crippen LogP contribution is 2.38. The third-order valence-electron chi connectivity index (χ3n) is 4.11. The van der Waals surface area contributed by atoms with Crippen LogP contribution in [0.3, 0.4) is 0 Å². The van der Waals surface area contributed by atoms with Crippen LogP contribution >= 0.6 is 11.8 Å². The fourth-order valence-electron chi connectivity index (χ4n) is 2.93. The zero-order valence-electron chi connectivity index (χ0n) is 16.0. The zero-order valence-corrected chi connectivity index (χ0v) is 16.8.